The first kappa shape index (κ1) is 7.98. The van der Waals surface area contributed by atoms with Crippen molar-refractivity contribution in [1.82, 2.24) is 0 Å². The molecule has 0 atom stereocenters. The summed E-state index contributed by atoms with van der Waals surface area (Å²) >= 11 is 4.89. The standard InChI is InChI=1S/C2H4N4Se2/c3-1(7)5-6-2(4)8/h(H2,3,5)(H2,4,6). The molecule has 0 bridgehead atoms. The molecule has 0 aliphatic heterocycles. The molecule has 0 aromatic heterocycles. The average Bonchev–Trinajstić information content (AvgIpc) is 1.61. The van der Waals surface area contributed by atoms with Gasteiger partial charge in [-0.3, -0.25) is 0 Å². The van der Waals surface area contributed by atoms with Gasteiger partial charge in [-0.2, -0.15) is 0 Å². The molecule has 0 spiro atoms. The molecule has 0 rings (SSSR count). The van der Waals surface area contributed by atoms with Crippen LogP contribution in [0.1, 0.15) is 0 Å². The van der Waals surface area contributed by atoms with Crippen molar-refractivity contribution >= 4 is 41.5 Å². The normalized spacial score (nSPS) is 14.0. The molecule has 0 amide bonds. The zero-order chi connectivity index (χ0) is 6.57. The monoisotopic (exact) mass is 244 g/mol. The van der Waals surface area contributed by atoms with Crippen LogP contribution in [0.2, 0.25) is 0 Å². The Labute approximate surface area is 63.4 Å². The summed E-state index contributed by atoms with van der Waals surface area (Å²) in [7, 11) is 0. The van der Waals surface area contributed by atoms with Crippen molar-refractivity contribution in [2.24, 2.45) is 21.7 Å². The summed E-state index contributed by atoms with van der Waals surface area (Å²) in [6.45, 7) is 0. The van der Waals surface area contributed by atoms with Gasteiger partial charge in [-0.25, -0.2) is 0 Å². The number of hydrogen-bond donors (Lipinski definition) is 2. The molecule has 0 unspecified atom stereocenters. The van der Waals surface area contributed by atoms with Crippen LogP contribution in [0.15, 0.2) is 10.2 Å². The quantitative estimate of drug-likeness (QED) is 0.238. The zero-order valence-electron chi connectivity index (χ0n) is 3.87. The molecule has 44 valence electrons. The van der Waals surface area contributed by atoms with Crippen molar-refractivity contribution in [3.8, 4) is 0 Å². The molecule has 0 aromatic carbocycles. The topological polar surface area (TPSA) is 76.8 Å². The van der Waals surface area contributed by atoms with Crippen molar-refractivity contribution in [2.45, 2.75) is 0 Å². The van der Waals surface area contributed by atoms with Gasteiger partial charge in [0.1, 0.15) is 0 Å². The minimum atomic E-state index is 0.267. The van der Waals surface area contributed by atoms with Gasteiger partial charge < -0.3 is 0 Å². The molecule has 8 heavy (non-hydrogen) atoms. The van der Waals surface area contributed by atoms with E-state index >= 15 is 0 Å². The second-order valence-corrected chi connectivity index (χ2v) is 2.63. The van der Waals surface area contributed by atoms with Gasteiger partial charge in [0.15, 0.2) is 0 Å². The van der Waals surface area contributed by atoms with Crippen molar-refractivity contribution in [2.75, 3.05) is 0 Å². The molecule has 0 saturated heterocycles. The fourth-order valence-corrected chi connectivity index (χ4v) is 0.270. The van der Waals surface area contributed by atoms with E-state index in [1.165, 1.54) is 0 Å². The van der Waals surface area contributed by atoms with Crippen molar-refractivity contribution in [3.63, 3.8) is 0 Å². The first-order valence-electron chi connectivity index (χ1n) is 1.63. The molecule has 0 aliphatic carbocycles. The fraction of sp³-hybridized carbons (Fsp3) is 0. The number of amidine groups is 2. The summed E-state index contributed by atoms with van der Waals surface area (Å²) in [6.07, 6.45) is 0. The van der Waals surface area contributed by atoms with Gasteiger partial charge in [-0.15, -0.1) is 0 Å². The first-order valence-corrected chi connectivity index (χ1v) is 3.35. The molecule has 2 radical (unpaired) electrons. The molecule has 0 heterocycles. The molecule has 4 nitrogen and oxygen atoms in total. The summed E-state index contributed by atoms with van der Waals surface area (Å²) in [5.74, 6) is 0. The molecular weight excluding hydrogens is 238 g/mol. The predicted molar refractivity (Wildman–Crippen MR) is 34.8 cm³/mol. The molecule has 6 heteroatoms. The number of nitrogens with two attached hydrogens (primary N) is 2. The van der Waals surface area contributed by atoms with Gasteiger partial charge >= 0.3 is 63.2 Å². The van der Waals surface area contributed by atoms with Crippen molar-refractivity contribution in [1.29, 1.82) is 0 Å². The molecule has 0 aromatic rings. The number of rotatable bonds is 1. The van der Waals surface area contributed by atoms with E-state index in [-0.39, 0.29) is 9.47 Å². The first-order chi connectivity index (χ1) is 3.63. The molecule has 4 N–H and O–H groups in total. The van der Waals surface area contributed by atoms with Crippen LogP contribution in [0.5, 0.6) is 0 Å². The van der Waals surface area contributed by atoms with Gasteiger partial charge in [-0.1, -0.05) is 0 Å². The molecule has 0 saturated carbocycles. The zero-order valence-corrected chi connectivity index (χ0v) is 7.29. The number of nitrogens with zero attached hydrogens (tertiary/aromatic N) is 2. The van der Waals surface area contributed by atoms with Crippen LogP contribution in [-0.4, -0.2) is 41.5 Å². The van der Waals surface area contributed by atoms with E-state index in [1.54, 1.807) is 0 Å². The van der Waals surface area contributed by atoms with E-state index in [0.717, 1.165) is 0 Å². The van der Waals surface area contributed by atoms with Crippen LogP contribution >= 0.6 is 0 Å². The Hall–Kier alpha value is -0.0210. The molecular formula is C2H4N4Se2. The summed E-state index contributed by atoms with van der Waals surface area (Å²) in [5.41, 5.74) is 10.1. The van der Waals surface area contributed by atoms with E-state index < -0.39 is 0 Å². The van der Waals surface area contributed by atoms with Crippen LogP contribution in [0, 0.1) is 0 Å². The van der Waals surface area contributed by atoms with Crippen LogP contribution in [0.3, 0.4) is 0 Å². The Balaban J connectivity index is 3.76. The Morgan fingerprint density at radius 2 is 1.25 bits per heavy atom. The van der Waals surface area contributed by atoms with Gasteiger partial charge in [0.2, 0.25) is 0 Å². The molecule has 0 fully saturated rings. The predicted octanol–water partition coefficient (Wildman–Crippen LogP) is -2.13. The number of hydrogen-bond acceptors (Lipinski definition) is 2. The second kappa shape index (κ2) is 3.92. The Morgan fingerprint density at radius 1 is 1.00 bits per heavy atom. The van der Waals surface area contributed by atoms with E-state index in [2.05, 4.69) is 42.2 Å². The second-order valence-electron chi connectivity index (χ2n) is 0.876. The third-order valence-corrected chi connectivity index (χ3v) is 0.590. The van der Waals surface area contributed by atoms with Crippen LogP contribution < -0.4 is 11.5 Å². The van der Waals surface area contributed by atoms with E-state index in [4.69, 9.17) is 11.5 Å². The van der Waals surface area contributed by atoms with E-state index in [0.29, 0.717) is 0 Å². The Morgan fingerprint density at radius 3 is 1.38 bits per heavy atom. The maximum absolute atomic E-state index is 5.06. The van der Waals surface area contributed by atoms with Gasteiger partial charge in [0.25, 0.3) is 0 Å². The molecule has 0 aliphatic rings. The Kier molecular flexibility index (Phi) is 3.91. The summed E-state index contributed by atoms with van der Waals surface area (Å²) < 4.78 is 0.534. The SMILES string of the molecule is NC([Se])=NN=C(N)[Se]. The third kappa shape index (κ3) is 5.98. The van der Waals surface area contributed by atoms with Crippen molar-refractivity contribution < 1.29 is 0 Å². The van der Waals surface area contributed by atoms with E-state index in [9.17, 15) is 0 Å². The van der Waals surface area contributed by atoms with E-state index in [1.807, 2.05) is 0 Å². The van der Waals surface area contributed by atoms with Gasteiger partial charge in [-0.05, 0) is 0 Å². The van der Waals surface area contributed by atoms with Gasteiger partial charge in [0.05, 0.1) is 0 Å². The minimum absolute atomic E-state index is 0.267. The summed E-state index contributed by atoms with van der Waals surface area (Å²) in [6, 6.07) is 0. The van der Waals surface area contributed by atoms with Crippen LogP contribution in [-0.2, 0) is 0 Å². The third-order valence-electron chi connectivity index (χ3n) is 0.247. The summed E-state index contributed by atoms with van der Waals surface area (Å²) in [4.78, 5) is 0. The summed E-state index contributed by atoms with van der Waals surface area (Å²) in [5, 5.41) is 6.79. The fourth-order valence-electron chi connectivity index (χ4n) is 0.0986. The average molecular weight is 242 g/mol. The van der Waals surface area contributed by atoms with Crippen LogP contribution in [0.4, 0.5) is 0 Å². The van der Waals surface area contributed by atoms with Crippen LogP contribution in [0.25, 0.3) is 0 Å². The van der Waals surface area contributed by atoms with Gasteiger partial charge in [0, 0.05) is 0 Å². The van der Waals surface area contributed by atoms with Crippen molar-refractivity contribution in [3.05, 3.63) is 0 Å². The Bertz CT molecular complexity index is 104. The maximum atomic E-state index is 5.06.